The minimum Gasteiger partial charge on any atom is -0.385 e. The molecule has 0 bridgehead atoms. The van der Waals surface area contributed by atoms with E-state index in [4.69, 9.17) is 23.1 Å². The maximum Gasteiger partial charge on any atom is 0.129 e. The lowest BCUT2D eigenvalue weighted by Crippen LogP contribution is -2.37. The summed E-state index contributed by atoms with van der Waals surface area (Å²) in [6, 6.07) is 1.87. The molecule has 1 aromatic heterocycles. The van der Waals surface area contributed by atoms with Crippen LogP contribution in [0.3, 0.4) is 0 Å². The van der Waals surface area contributed by atoms with Crippen LogP contribution in [-0.4, -0.2) is 16.1 Å². The molecule has 4 nitrogen and oxygen atoms in total. The number of nitrogens with two attached hydrogens (primary N) is 2. The van der Waals surface area contributed by atoms with Crippen molar-refractivity contribution < 1.29 is 5.11 Å². The molecular weight excluding hydrogens is 226 g/mol. The fraction of sp³-hybridized carbons (Fsp3) is 0.545. The van der Waals surface area contributed by atoms with Crippen LogP contribution in [0.1, 0.15) is 31.2 Å². The fourth-order valence-electron chi connectivity index (χ4n) is 2.21. The van der Waals surface area contributed by atoms with E-state index in [2.05, 4.69) is 4.98 Å². The molecule has 0 aromatic carbocycles. The monoisotopic (exact) mass is 241 g/mol. The minimum absolute atomic E-state index is 0.175. The smallest absolute Gasteiger partial charge is 0.129 e. The van der Waals surface area contributed by atoms with Crippen molar-refractivity contribution in [2.45, 2.75) is 37.3 Å². The predicted molar refractivity (Wildman–Crippen MR) is 64.0 cm³/mol. The lowest BCUT2D eigenvalue weighted by molar-refractivity contribution is -0.00449. The summed E-state index contributed by atoms with van der Waals surface area (Å²) in [5.74, 6) is 0.349. The summed E-state index contributed by atoms with van der Waals surface area (Å²) >= 11 is 5.87. The Morgan fingerprint density at radius 3 is 2.69 bits per heavy atom. The van der Waals surface area contributed by atoms with Crippen molar-refractivity contribution in [3.63, 3.8) is 0 Å². The number of rotatable bonds is 1. The van der Waals surface area contributed by atoms with Crippen LogP contribution < -0.4 is 11.5 Å². The van der Waals surface area contributed by atoms with Gasteiger partial charge in [0, 0.05) is 17.8 Å². The molecule has 16 heavy (non-hydrogen) atoms. The normalized spacial score (nSPS) is 30.3. The zero-order valence-corrected chi connectivity index (χ0v) is 9.74. The van der Waals surface area contributed by atoms with E-state index in [1.165, 1.54) is 6.20 Å². The highest BCUT2D eigenvalue weighted by atomic mass is 35.5. The van der Waals surface area contributed by atoms with E-state index in [1.54, 1.807) is 6.07 Å². The van der Waals surface area contributed by atoms with Gasteiger partial charge in [0.2, 0.25) is 0 Å². The predicted octanol–water partition coefficient (Wildman–Crippen LogP) is 1.41. The van der Waals surface area contributed by atoms with E-state index < -0.39 is 5.60 Å². The van der Waals surface area contributed by atoms with Gasteiger partial charge in [0.1, 0.15) is 5.82 Å². The summed E-state index contributed by atoms with van der Waals surface area (Å²) in [7, 11) is 0. The highest BCUT2D eigenvalue weighted by Gasteiger charge is 2.35. The van der Waals surface area contributed by atoms with Gasteiger partial charge in [-0.15, -0.1) is 0 Å². The molecule has 0 unspecified atom stereocenters. The Morgan fingerprint density at radius 2 is 2.06 bits per heavy atom. The zero-order valence-electron chi connectivity index (χ0n) is 8.99. The number of nitrogens with zero attached hydrogens (tertiary/aromatic N) is 1. The van der Waals surface area contributed by atoms with Gasteiger partial charge in [-0.1, -0.05) is 11.6 Å². The van der Waals surface area contributed by atoms with E-state index in [9.17, 15) is 5.11 Å². The number of anilines is 1. The Morgan fingerprint density at radius 1 is 1.44 bits per heavy atom. The lowest BCUT2D eigenvalue weighted by atomic mass is 9.78. The van der Waals surface area contributed by atoms with Gasteiger partial charge in [-0.05, 0) is 31.7 Å². The third-order valence-electron chi connectivity index (χ3n) is 3.24. The molecular formula is C11H16ClN3O. The van der Waals surface area contributed by atoms with Crippen LogP contribution in [0.25, 0.3) is 0 Å². The Balaban J connectivity index is 2.32. The van der Waals surface area contributed by atoms with Crippen LogP contribution in [0, 0.1) is 0 Å². The maximum absolute atomic E-state index is 10.5. The molecule has 0 amide bonds. The Labute approximate surface area is 99.6 Å². The van der Waals surface area contributed by atoms with Gasteiger partial charge in [-0.25, -0.2) is 4.98 Å². The second kappa shape index (κ2) is 4.20. The summed E-state index contributed by atoms with van der Waals surface area (Å²) < 4.78 is 0. The lowest BCUT2D eigenvalue weighted by Gasteiger charge is -2.35. The van der Waals surface area contributed by atoms with Crippen molar-refractivity contribution in [3.05, 3.63) is 22.8 Å². The van der Waals surface area contributed by atoms with Crippen LogP contribution in [0.15, 0.2) is 12.3 Å². The first-order valence-electron chi connectivity index (χ1n) is 5.41. The molecule has 1 fully saturated rings. The van der Waals surface area contributed by atoms with Crippen LogP contribution in [0.4, 0.5) is 5.82 Å². The van der Waals surface area contributed by atoms with E-state index in [0.29, 0.717) is 29.2 Å². The Bertz CT molecular complexity index is 389. The first kappa shape index (κ1) is 11.6. The number of pyridine rings is 1. The topological polar surface area (TPSA) is 85.2 Å². The van der Waals surface area contributed by atoms with Gasteiger partial charge in [0.05, 0.1) is 10.6 Å². The molecule has 1 heterocycles. The second-order valence-electron chi connectivity index (χ2n) is 4.46. The van der Waals surface area contributed by atoms with Crippen molar-refractivity contribution in [1.82, 2.24) is 4.98 Å². The molecule has 0 aliphatic heterocycles. The standard InChI is InChI=1S/C11H16ClN3O/c12-7-5-9(10(14)15-6-7)11(16)3-1-8(13)2-4-11/h5-6,8,16H,1-4,13H2,(H2,14,15). The first-order chi connectivity index (χ1) is 7.51. The number of aliphatic hydroxyl groups is 1. The second-order valence-corrected chi connectivity index (χ2v) is 4.89. The average molecular weight is 242 g/mol. The van der Waals surface area contributed by atoms with E-state index >= 15 is 0 Å². The Hall–Kier alpha value is -0.840. The largest absolute Gasteiger partial charge is 0.385 e. The fourth-order valence-corrected chi connectivity index (χ4v) is 2.37. The molecule has 1 aliphatic carbocycles. The molecule has 5 N–H and O–H groups in total. The van der Waals surface area contributed by atoms with E-state index in [1.807, 2.05) is 0 Å². The maximum atomic E-state index is 10.5. The summed E-state index contributed by atoms with van der Waals surface area (Å²) in [6.07, 6.45) is 4.30. The molecule has 0 radical (unpaired) electrons. The van der Waals surface area contributed by atoms with Crippen molar-refractivity contribution >= 4 is 17.4 Å². The SMILES string of the molecule is Nc1ncc(Cl)cc1C1(O)CCC(N)CC1. The number of nitrogen functional groups attached to an aromatic ring is 1. The number of aromatic nitrogens is 1. The molecule has 2 rings (SSSR count). The summed E-state index contributed by atoms with van der Waals surface area (Å²) in [5, 5.41) is 11.0. The van der Waals surface area contributed by atoms with Gasteiger partial charge in [0.15, 0.2) is 0 Å². The van der Waals surface area contributed by atoms with Gasteiger partial charge in [0.25, 0.3) is 0 Å². The van der Waals surface area contributed by atoms with Crippen LogP contribution >= 0.6 is 11.6 Å². The number of halogens is 1. The van der Waals surface area contributed by atoms with E-state index in [-0.39, 0.29) is 6.04 Å². The summed E-state index contributed by atoms with van der Waals surface area (Å²) in [4.78, 5) is 3.97. The number of hydrogen-bond acceptors (Lipinski definition) is 4. The van der Waals surface area contributed by atoms with Crippen molar-refractivity contribution in [1.29, 1.82) is 0 Å². The molecule has 0 atom stereocenters. The zero-order chi connectivity index (χ0) is 11.8. The molecule has 0 spiro atoms. The molecule has 0 saturated heterocycles. The van der Waals surface area contributed by atoms with Crippen molar-refractivity contribution in [3.8, 4) is 0 Å². The van der Waals surface area contributed by atoms with Crippen LogP contribution in [0.5, 0.6) is 0 Å². The van der Waals surface area contributed by atoms with Crippen molar-refractivity contribution in [2.75, 3.05) is 5.73 Å². The molecule has 1 aromatic rings. The van der Waals surface area contributed by atoms with Gasteiger partial charge >= 0.3 is 0 Å². The van der Waals surface area contributed by atoms with Gasteiger partial charge in [-0.3, -0.25) is 0 Å². The third kappa shape index (κ3) is 2.14. The average Bonchev–Trinajstić information content (AvgIpc) is 2.26. The van der Waals surface area contributed by atoms with Crippen LogP contribution in [0.2, 0.25) is 5.02 Å². The highest BCUT2D eigenvalue weighted by Crippen LogP contribution is 2.39. The first-order valence-corrected chi connectivity index (χ1v) is 5.78. The third-order valence-corrected chi connectivity index (χ3v) is 3.45. The molecule has 1 aliphatic rings. The molecule has 88 valence electrons. The summed E-state index contributed by atoms with van der Waals surface area (Å²) in [5.41, 5.74) is 11.3. The van der Waals surface area contributed by atoms with Crippen LogP contribution in [-0.2, 0) is 5.60 Å². The number of hydrogen-bond donors (Lipinski definition) is 3. The van der Waals surface area contributed by atoms with E-state index in [0.717, 1.165) is 12.8 Å². The minimum atomic E-state index is -0.919. The summed E-state index contributed by atoms with van der Waals surface area (Å²) in [6.45, 7) is 0. The molecule has 5 heteroatoms. The molecule has 1 saturated carbocycles. The Kier molecular flexibility index (Phi) is 3.06. The highest BCUT2D eigenvalue weighted by molar-refractivity contribution is 6.30. The van der Waals surface area contributed by atoms with Gasteiger partial charge < -0.3 is 16.6 Å². The van der Waals surface area contributed by atoms with Gasteiger partial charge in [-0.2, -0.15) is 0 Å². The van der Waals surface area contributed by atoms with Crippen molar-refractivity contribution in [2.24, 2.45) is 5.73 Å². The quantitative estimate of drug-likeness (QED) is 0.694.